The van der Waals surface area contributed by atoms with Gasteiger partial charge in [-0.3, -0.25) is 7.32 Å². The third-order valence-electron chi connectivity index (χ3n) is 5.21. The molecule has 0 aliphatic carbocycles. The molecule has 0 unspecified atom stereocenters. The van der Waals surface area contributed by atoms with E-state index in [9.17, 15) is 0 Å². The molecular weight excluding hydrogens is 395 g/mol. The number of imidazole rings is 3. The largest absolute Gasteiger partial charge is 0.907 e. The molecule has 0 saturated carbocycles. The molecule has 0 atom stereocenters. The number of rotatable bonds is 3. The molecular formula is C21H39BN6O3. The van der Waals surface area contributed by atoms with Crippen molar-refractivity contribution in [1.82, 2.24) is 13.7 Å². The SMILES string of the molecule is CCn1cc[n+](C)c1C.CCn1cc[n+](C)c1C.CCn1cc[n+](C)c1C.[O-]B([O-])[O-]. The van der Waals surface area contributed by atoms with Crippen molar-refractivity contribution in [3.63, 3.8) is 0 Å². The van der Waals surface area contributed by atoms with Gasteiger partial charge in [-0.25, -0.2) is 27.4 Å². The third-order valence-corrected chi connectivity index (χ3v) is 5.21. The van der Waals surface area contributed by atoms with Gasteiger partial charge in [0.2, 0.25) is 0 Å². The molecule has 0 bridgehead atoms. The maximum atomic E-state index is 8.42. The van der Waals surface area contributed by atoms with Crippen molar-refractivity contribution >= 4 is 7.32 Å². The minimum Gasteiger partial charge on any atom is -0.907 e. The van der Waals surface area contributed by atoms with Gasteiger partial charge in [0.1, 0.15) is 37.2 Å². The van der Waals surface area contributed by atoms with E-state index in [-0.39, 0.29) is 0 Å². The molecule has 0 spiro atoms. The molecule has 10 heteroatoms. The highest BCUT2D eigenvalue weighted by atomic mass is 16.5. The molecule has 3 aromatic rings. The molecule has 3 heterocycles. The Morgan fingerprint density at radius 2 is 0.806 bits per heavy atom. The van der Waals surface area contributed by atoms with Gasteiger partial charge in [0, 0.05) is 20.8 Å². The van der Waals surface area contributed by atoms with Gasteiger partial charge in [-0.05, 0) is 20.8 Å². The van der Waals surface area contributed by atoms with Gasteiger partial charge in [-0.2, -0.15) is 0 Å². The van der Waals surface area contributed by atoms with Crippen molar-refractivity contribution in [3.8, 4) is 0 Å². The van der Waals surface area contributed by atoms with Crippen LogP contribution >= 0.6 is 0 Å². The second-order valence-electron chi connectivity index (χ2n) is 7.02. The van der Waals surface area contributed by atoms with Crippen LogP contribution in [0.3, 0.4) is 0 Å². The summed E-state index contributed by atoms with van der Waals surface area (Å²) in [5.74, 6) is 3.91. The van der Waals surface area contributed by atoms with Crippen LogP contribution in [0.4, 0.5) is 0 Å². The van der Waals surface area contributed by atoms with Crippen molar-refractivity contribution in [3.05, 3.63) is 54.7 Å². The second-order valence-corrected chi connectivity index (χ2v) is 7.02. The van der Waals surface area contributed by atoms with Crippen LogP contribution < -0.4 is 28.8 Å². The Bertz CT molecular complexity index is 773. The molecule has 0 aliphatic rings. The van der Waals surface area contributed by atoms with E-state index in [1.165, 1.54) is 17.5 Å². The third kappa shape index (κ3) is 9.95. The van der Waals surface area contributed by atoms with Gasteiger partial charge >= 0.3 is 0 Å². The van der Waals surface area contributed by atoms with E-state index in [1.54, 1.807) is 0 Å². The van der Waals surface area contributed by atoms with Gasteiger partial charge in [0.15, 0.2) is 0 Å². The molecule has 31 heavy (non-hydrogen) atoms. The summed E-state index contributed by atoms with van der Waals surface area (Å²) in [6.07, 6.45) is 12.5. The van der Waals surface area contributed by atoms with E-state index >= 15 is 0 Å². The first-order chi connectivity index (χ1) is 14.5. The standard InChI is InChI=1S/3C7H13N2.BO3/c3*1-4-9-6-5-8(3)7(9)2;2-1(3)4/h3*5-6H,4H2,1-3H3;/q3*+1;-3. The summed E-state index contributed by atoms with van der Waals surface area (Å²) in [5, 5.41) is 25.2. The van der Waals surface area contributed by atoms with E-state index < -0.39 is 7.32 Å². The normalized spacial score (nSPS) is 9.68. The Hall–Kier alpha value is -2.43. The number of hydrogen-bond acceptors (Lipinski definition) is 3. The summed E-state index contributed by atoms with van der Waals surface area (Å²) in [6, 6.07) is 0. The lowest BCUT2D eigenvalue weighted by Gasteiger charge is -2.35. The first kappa shape index (κ1) is 28.6. The molecule has 0 saturated heterocycles. The molecule has 0 radical (unpaired) electrons. The van der Waals surface area contributed by atoms with E-state index in [2.05, 4.69) is 127 Å². The first-order valence-electron chi connectivity index (χ1n) is 10.5. The fourth-order valence-corrected chi connectivity index (χ4v) is 2.80. The quantitative estimate of drug-likeness (QED) is 0.352. The topological polar surface area (TPSA) is 95.6 Å². The Labute approximate surface area is 187 Å². The molecule has 3 rings (SSSR count). The van der Waals surface area contributed by atoms with Gasteiger partial charge in [0.05, 0.1) is 40.8 Å². The van der Waals surface area contributed by atoms with Crippen LogP contribution in [0, 0.1) is 20.8 Å². The molecule has 0 N–H and O–H groups in total. The molecule has 0 aliphatic heterocycles. The summed E-state index contributed by atoms with van der Waals surface area (Å²) >= 11 is 0. The zero-order valence-corrected chi connectivity index (χ0v) is 20.6. The molecule has 3 aromatic heterocycles. The molecule has 9 nitrogen and oxygen atoms in total. The predicted octanol–water partition coefficient (Wildman–Crippen LogP) is -2.03. The van der Waals surface area contributed by atoms with Crippen LogP contribution in [0.25, 0.3) is 0 Å². The van der Waals surface area contributed by atoms with Gasteiger partial charge in [0.25, 0.3) is 17.5 Å². The van der Waals surface area contributed by atoms with E-state index in [0.29, 0.717) is 0 Å². The van der Waals surface area contributed by atoms with Crippen LogP contribution in [0.1, 0.15) is 38.2 Å². The van der Waals surface area contributed by atoms with Crippen LogP contribution in [-0.2, 0) is 40.8 Å². The summed E-state index contributed by atoms with van der Waals surface area (Å²) in [4.78, 5) is 0. The molecule has 0 aromatic carbocycles. The van der Waals surface area contributed by atoms with Crippen molar-refractivity contribution in [1.29, 1.82) is 0 Å². The summed E-state index contributed by atoms with van der Waals surface area (Å²) < 4.78 is 13.0. The van der Waals surface area contributed by atoms with Gasteiger partial charge in [-0.15, -0.1) is 0 Å². The lowest BCUT2D eigenvalue weighted by atomic mass is 10.3. The zero-order valence-electron chi connectivity index (χ0n) is 20.6. The highest BCUT2D eigenvalue weighted by molar-refractivity contribution is 6.24. The number of aromatic nitrogens is 6. The minimum absolute atomic E-state index is 1.06. The smallest absolute Gasteiger partial charge is 0.252 e. The minimum atomic E-state index is -2.92. The van der Waals surface area contributed by atoms with Gasteiger partial charge in [-0.1, -0.05) is 0 Å². The fraction of sp³-hybridized carbons (Fsp3) is 0.571. The number of nitrogens with zero attached hydrogens (tertiary/aromatic N) is 6. The first-order valence-corrected chi connectivity index (χ1v) is 10.5. The Morgan fingerprint density at radius 3 is 0.871 bits per heavy atom. The molecule has 0 amide bonds. The summed E-state index contributed by atoms with van der Waals surface area (Å²) in [6.45, 7) is 16.0. The van der Waals surface area contributed by atoms with Crippen LogP contribution in [0.5, 0.6) is 0 Å². The van der Waals surface area contributed by atoms with E-state index in [4.69, 9.17) is 15.1 Å². The van der Waals surface area contributed by atoms with Crippen molar-refractivity contribution in [2.45, 2.75) is 61.2 Å². The maximum Gasteiger partial charge on any atom is 0.252 e. The Morgan fingerprint density at radius 1 is 0.613 bits per heavy atom. The zero-order chi connectivity index (χ0) is 24.1. The Balaban J connectivity index is 0.000000402. The maximum absolute atomic E-state index is 8.42. The average Bonchev–Trinajstić information content (AvgIpc) is 3.34. The van der Waals surface area contributed by atoms with E-state index in [1.807, 2.05) is 0 Å². The lowest BCUT2D eigenvalue weighted by Crippen LogP contribution is -2.56. The van der Waals surface area contributed by atoms with Crippen LogP contribution in [-0.4, -0.2) is 21.0 Å². The number of hydrogen-bond donors (Lipinski definition) is 0. The highest BCUT2D eigenvalue weighted by Gasteiger charge is 2.05. The van der Waals surface area contributed by atoms with Crippen LogP contribution in [0.2, 0.25) is 0 Å². The lowest BCUT2D eigenvalue weighted by molar-refractivity contribution is -0.677. The summed E-state index contributed by atoms with van der Waals surface area (Å²) in [7, 11) is 3.25. The van der Waals surface area contributed by atoms with Crippen molar-refractivity contribution in [2.75, 3.05) is 0 Å². The predicted molar refractivity (Wildman–Crippen MR) is 114 cm³/mol. The fourth-order valence-electron chi connectivity index (χ4n) is 2.80. The Kier molecular flexibility index (Phi) is 13.4. The highest BCUT2D eigenvalue weighted by Crippen LogP contribution is 1.91. The molecule has 174 valence electrons. The van der Waals surface area contributed by atoms with E-state index in [0.717, 1.165) is 19.6 Å². The second kappa shape index (κ2) is 14.6. The van der Waals surface area contributed by atoms with Gasteiger partial charge < -0.3 is 15.1 Å². The monoisotopic (exact) mass is 434 g/mol. The molecule has 0 fully saturated rings. The van der Waals surface area contributed by atoms with Crippen molar-refractivity contribution in [2.24, 2.45) is 21.1 Å². The number of aryl methyl sites for hydroxylation is 6. The summed E-state index contributed by atoms with van der Waals surface area (Å²) in [5.41, 5.74) is 0. The van der Waals surface area contributed by atoms with Crippen molar-refractivity contribution < 1.29 is 28.8 Å². The average molecular weight is 434 g/mol. The van der Waals surface area contributed by atoms with Crippen LogP contribution in [0.15, 0.2) is 37.2 Å².